The average molecular weight is 369 g/mol. The molecule has 4 aromatic rings. The van der Waals surface area contributed by atoms with Crippen LogP contribution in [0.25, 0.3) is 28.6 Å². The highest BCUT2D eigenvalue weighted by atomic mass is 19.1. The van der Waals surface area contributed by atoms with E-state index in [1.165, 1.54) is 6.07 Å². The molecular formula is C23H16FN3O. The molecule has 0 aliphatic carbocycles. The van der Waals surface area contributed by atoms with Crippen molar-refractivity contribution < 1.29 is 9.18 Å². The molecule has 1 aliphatic rings. The van der Waals surface area contributed by atoms with Crippen molar-refractivity contribution in [3.63, 3.8) is 0 Å². The number of pyridine rings is 1. The molecule has 5 heteroatoms. The zero-order valence-corrected chi connectivity index (χ0v) is 15.1. The van der Waals surface area contributed by atoms with Gasteiger partial charge < -0.3 is 4.90 Å². The summed E-state index contributed by atoms with van der Waals surface area (Å²) in [5.41, 5.74) is 4.20. The molecule has 0 fully saturated rings. The fourth-order valence-corrected chi connectivity index (χ4v) is 3.68. The number of carbonyl (C=O) groups is 1. The van der Waals surface area contributed by atoms with Gasteiger partial charge in [0.25, 0.3) is 5.91 Å². The number of hydrogen-bond acceptors (Lipinski definition) is 2. The quantitative estimate of drug-likeness (QED) is 0.482. The first-order valence-electron chi connectivity index (χ1n) is 8.96. The third-order valence-corrected chi connectivity index (χ3v) is 5.06. The monoisotopic (exact) mass is 369 g/mol. The molecule has 3 heterocycles. The highest BCUT2D eigenvalue weighted by Crippen LogP contribution is 2.37. The summed E-state index contributed by atoms with van der Waals surface area (Å²) in [6.07, 6.45) is 3.65. The first-order chi connectivity index (χ1) is 13.6. The molecule has 0 saturated heterocycles. The highest BCUT2D eigenvalue weighted by Gasteiger charge is 2.29. The SMILES string of the molecule is CN1C(=O)/C(=C/c2nc(-c3ccccc3F)n3ccccc23)c2ccccc21. The van der Waals surface area contributed by atoms with Crippen molar-refractivity contribution in [1.82, 2.24) is 9.38 Å². The predicted molar refractivity (Wildman–Crippen MR) is 108 cm³/mol. The van der Waals surface area contributed by atoms with Crippen LogP contribution in [-0.2, 0) is 4.79 Å². The molecule has 1 aliphatic heterocycles. The molecule has 0 bridgehead atoms. The van der Waals surface area contributed by atoms with Crippen LogP contribution in [0.4, 0.5) is 10.1 Å². The van der Waals surface area contributed by atoms with Gasteiger partial charge in [-0.25, -0.2) is 9.37 Å². The van der Waals surface area contributed by atoms with Crippen molar-refractivity contribution in [1.29, 1.82) is 0 Å². The van der Waals surface area contributed by atoms with Crippen LogP contribution in [0.3, 0.4) is 0 Å². The molecule has 0 radical (unpaired) electrons. The zero-order chi connectivity index (χ0) is 19.3. The fourth-order valence-electron chi connectivity index (χ4n) is 3.68. The standard InChI is InChI=1S/C23H16FN3O/c1-26-20-11-5-3-8-15(20)17(23(26)28)14-19-21-12-6-7-13-27(21)22(25-19)16-9-2-4-10-18(16)24/h2-14H,1H3/b17-14+. The number of fused-ring (bicyclic) bond motifs is 2. The number of anilines is 1. The van der Waals surface area contributed by atoms with Crippen LogP contribution in [0.1, 0.15) is 11.3 Å². The van der Waals surface area contributed by atoms with Gasteiger partial charge in [0.2, 0.25) is 0 Å². The number of rotatable bonds is 2. The number of likely N-dealkylation sites (N-methyl/N-ethyl adjacent to an activating group) is 1. The molecule has 4 nitrogen and oxygen atoms in total. The smallest absolute Gasteiger partial charge is 0.258 e. The molecule has 1 amide bonds. The van der Waals surface area contributed by atoms with Crippen LogP contribution in [0.15, 0.2) is 72.9 Å². The van der Waals surface area contributed by atoms with E-state index < -0.39 is 0 Å². The van der Waals surface area contributed by atoms with Gasteiger partial charge in [-0.2, -0.15) is 0 Å². The Hall–Kier alpha value is -3.73. The summed E-state index contributed by atoms with van der Waals surface area (Å²) < 4.78 is 16.2. The highest BCUT2D eigenvalue weighted by molar-refractivity contribution is 6.35. The van der Waals surface area contributed by atoms with E-state index in [9.17, 15) is 9.18 Å². The van der Waals surface area contributed by atoms with Crippen molar-refractivity contribution in [2.75, 3.05) is 11.9 Å². The molecule has 2 aromatic heterocycles. The van der Waals surface area contributed by atoms with Crippen molar-refractivity contribution in [3.05, 3.63) is 90.0 Å². The Morgan fingerprint density at radius 2 is 1.64 bits per heavy atom. The third-order valence-electron chi connectivity index (χ3n) is 5.06. The van der Waals surface area contributed by atoms with Gasteiger partial charge >= 0.3 is 0 Å². The van der Waals surface area contributed by atoms with Gasteiger partial charge in [-0.15, -0.1) is 0 Å². The first-order valence-corrected chi connectivity index (χ1v) is 8.96. The lowest BCUT2D eigenvalue weighted by Gasteiger charge is -2.07. The van der Waals surface area contributed by atoms with E-state index in [1.807, 2.05) is 53.1 Å². The van der Waals surface area contributed by atoms with Crippen LogP contribution in [0.5, 0.6) is 0 Å². The minimum atomic E-state index is -0.334. The number of benzene rings is 2. The van der Waals surface area contributed by atoms with Gasteiger partial charge in [-0.1, -0.05) is 36.4 Å². The summed E-state index contributed by atoms with van der Waals surface area (Å²) in [5.74, 6) is 0.0952. The minimum Gasteiger partial charge on any atom is -0.311 e. The Morgan fingerprint density at radius 1 is 0.929 bits per heavy atom. The first kappa shape index (κ1) is 16.4. The van der Waals surface area contributed by atoms with Gasteiger partial charge in [-0.3, -0.25) is 9.20 Å². The summed E-state index contributed by atoms with van der Waals surface area (Å²) in [7, 11) is 1.76. The molecule has 2 aromatic carbocycles. The van der Waals surface area contributed by atoms with Crippen molar-refractivity contribution in [3.8, 4) is 11.4 Å². The summed E-state index contributed by atoms with van der Waals surface area (Å²) in [5, 5.41) is 0. The second-order valence-corrected chi connectivity index (χ2v) is 6.70. The van der Waals surface area contributed by atoms with E-state index >= 15 is 0 Å². The van der Waals surface area contributed by atoms with E-state index in [2.05, 4.69) is 0 Å². The Morgan fingerprint density at radius 3 is 2.46 bits per heavy atom. The number of halogens is 1. The zero-order valence-electron chi connectivity index (χ0n) is 15.1. The van der Waals surface area contributed by atoms with E-state index in [4.69, 9.17) is 4.98 Å². The Balaban J connectivity index is 1.75. The van der Waals surface area contributed by atoms with Gasteiger partial charge in [0, 0.05) is 18.8 Å². The van der Waals surface area contributed by atoms with E-state index in [0.29, 0.717) is 22.7 Å². The molecule has 5 rings (SSSR count). The summed E-state index contributed by atoms with van der Waals surface area (Å²) in [6.45, 7) is 0. The van der Waals surface area contributed by atoms with Crippen molar-refractivity contribution in [2.24, 2.45) is 0 Å². The van der Waals surface area contributed by atoms with Gasteiger partial charge in [0.05, 0.1) is 28.0 Å². The van der Waals surface area contributed by atoms with Crippen LogP contribution >= 0.6 is 0 Å². The van der Waals surface area contributed by atoms with Gasteiger partial charge in [0.15, 0.2) is 0 Å². The number of hydrogen-bond donors (Lipinski definition) is 0. The average Bonchev–Trinajstić information content (AvgIpc) is 3.20. The molecule has 0 spiro atoms. The van der Waals surface area contributed by atoms with Crippen LogP contribution < -0.4 is 4.90 Å². The lowest BCUT2D eigenvalue weighted by atomic mass is 10.1. The second kappa shape index (κ2) is 6.16. The molecule has 0 saturated carbocycles. The van der Waals surface area contributed by atoms with E-state index in [-0.39, 0.29) is 11.7 Å². The second-order valence-electron chi connectivity index (χ2n) is 6.70. The molecular weight excluding hydrogens is 353 g/mol. The Bertz CT molecular complexity index is 1270. The summed E-state index contributed by atoms with van der Waals surface area (Å²) in [6, 6.07) is 19.9. The van der Waals surface area contributed by atoms with Crippen molar-refractivity contribution >= 4 is 28.8 Å². The number of nitrogens with zero attached hydrogens (tertiary/aromatic N) is 3. The predicted octanol–water partition coefficient (Wildman–Crippen LogP) is 4.66. The van der Waals surface area contributed by atoms with Crippen LogP contribution in [0, 0.1) is 5.82 Å². The fraction of sp³-hybridized carbons (Fsp3) is 0.0435. The van der Waals surface area contributed by atoms with Gasteiger partial charge in [-0.05, 0) is 36.4 Å². The maximum Gasteiger partial charge on any atom is 0.258 e. The molecule has 0 atom stereocenters. The number of aromatic nitrogens is 2. The van der Waals surface area contributed by atoms with Crippen LogP contribution in [0.2, 0.25) is 0 Å². The maximum atomic E-state index is 14.4. The lowest BCUT2D eigenvalue weighted by molar-refractivity contribution is -0.112. The number of carbonyl (C=O) groups excluding carboxylic acids is 1. The lowest BCUT2D eigenvalue weighted by Crippen LogP contribution is -2.20. The minimum absolute atomic E-state index is 0.0780. The Kier molecular flexibility index (Phi) is 3.62. The molecule has 0 unspecified atom stereocenters. The largest absolute Gasteiger partial charge is 0.311 e. The van der Waals surface area contributed by atoms with Gasteiger partial charge in [0.1, 0.15) is 11.6 Å². The molecule has 28 heavy (non-hydrogen) atoms. The number of imidazole rings is 1. The summed E-state index contributed by atoms with van der Waals surface area (Å²) in [4.78, 5) is 19.1. The normalized spacial score (nSPS) is 14.9. The van der Waals surface area contributed by atoms with E-state index in [0.717, 1.165) is 16.8 Å². The Labute approximate surface area is 161 Å². The maximum absolute atomic E-state index is 14.4. The molecule has 0 N–H and O–H groups in total. The van der Waals surface area contributed by atoms with E-state index in [1.54, 1.807) is 36.2 Å². The third kappa shape index (κ3) is 2.36. The molecule has 136 valence electrons. The number of para-hydroxylation sites is 1. The number of amides is 1. The van der Waals surface area contributed by atoms with Crippen molar-refractivity contribution in [2.45, 2.75) is 0 Å². The topological polar surface area (TPSA) is 37.6 Å². The summed E-state index contributed by atoms with van der Waals surface area (Å²) >= 11 is 0. The van der Waals surface area contributed by atoms with Crippen LogP contribution in [-0.4, -0.2) is 22.3 Å².